The molecule has 1 aliphatic heterocycles. The molecule has 1 aromatic carbocycles. The Hall–Kier alpha value is -2.89. The second-order valence-corrected chi connectivity index (χ2v) is 5.71. The van der Waals surface area contributed by atoms with Gasteiger partial charge in [-0.3, -0.25) is 4.79 Å². The Morgan fingerprint density at radius 2 is 1.96 bits per heavy atom. The topological polar surface area (TPSA) is 100 Å². The zero-order chi connectivity index (χ0) is 20.9. The zero-order valence-corrected chi connectivity index (χ0v) is 14.7. The van der Waals surface area contributed by atoms with Gasteiger partial charge < -0.3 is 19.5 Å². The van der Waals surface area contributed by atoms with E-state index in [4.69, 9.17) is 9.84 Å². The van der Waals surface area contributed by atoms with Crippen molar-refractivity contribution < 1.29 is 41.7 Å². The second kappa shape index (κ2) is 8.87. The number of anilines is 1. The van der Waals surface area contributed by atoms with E-state index < -0.39 is 47.6 Å². The van der Waals surface area contributed by atoms with Gasteiger partial charge in [-0.1, -0.05) is 0 Å². The van der Waals surface area contributed by atoms with E-state index in [1.807, 2.05) is 0 Å². The minimum atomic E-state index is -4.89. The quantitative estimate of drug-likeness (QED) is 0.336. The van der Waals surface area contributed by atoms with Crippen molar-refractivity contribution in [1.29, 1.82) is 0 Å². The summed E-state index contributed by atoms with van der Waals surface area (Å²) >= 11 is 0. The molecule has 0 atom stereocenters. The predicted molar refractivity (Wildman–Crippen MR) is 88.8 cm³/mol. The van der Waals surface area contributed by atoms with Crippen LogP contribution in [0.15, 0.2) is 17.2 Å². The van der Waals surface area contributed by atoms with E-state index in [0.29, 0.717) is 6.07 Å². The largest absolute Gasteiger partial charge is 0.464 e. The van der Waals surface area contributed by atoms with Crippen LogP contribution in [0, 0.1) is 5.82 Å². The van der Waals surface area contributed by atoms with Crippen molar-refractivity contribution in [3.05, 3.63) is 29.1 Å². The number of hydrazone groups is 1. The number of halogens is 4. The highest BCUT2D eigenvalue weighted by atomic mass is 19.4. The summed E-state index contributed by atoms with van der Waals surface area (Å²) in [4.78, 5) is 22.8. The Bertz CT molecular complexity index is 776. The number of benzene rings is 1. The summed E-state index contributed by atoms with van der Waals surface area (Å²) in [7, 11) is 0. The highest BCUT2D eigenvalue weighted by molar-refractivity contribution is 6.03. The first-order valence-corrected chi connectivity index (χ1v) is 8.02. The SMILES string of the molecule is CC(=O)OC/C(=N\NC(=O)O)c1cc(F)c(N2CCOCC2)c(C(F)(F)F)c1. The van der Waals surface area contributed by atoms with Gasteiger partial charge in [0.2, 0.25) is 0 Å². The number of hydrogen-bond acceptors (Lipinski definition) is 6. The van der Waals surface area contributed by atoms with Crippen molar-refractivity contribution in [3.8, 4) is 0 Å². The molecule has 0 spiro atoms. The van der Waals surface area contributed by atoms with Crippen molar-refractivity contribution in [2.75, 3.05) is 37.8 Å². The van der Waals surface area contributed by atoms with Gasteiger partial charge in [-0.25, -0.2) is 14.6 Å². The van der Waals surface area contributed by atoms with Crippen LogP contribution in [0.1, 0.15) is 18.1 Å². The molecule has 1 amide bonds. The van der Waals surface area contributed by atoms with Gasteiger partial charge in [0, 0.05) is 25.6 Å². The summed E-state index contributed by atoms with van der Waals surface area (Å²) in [5.74, 6) is -1.94. The first kappa shape index (κ1) is 21.4. The highest BCUT2D eigenvalue weighted by Crippen LogP contribution is 2.39. The molecule has 2 rings (SSSR count). The summed E-state index contributed by atoms with van der Waals surface area (Å²) in [5.41, 5.74) is -1.05. The van der Waals surface area contributed by atoms with Crippen molar-refractivity contribution in [1.82, 2.24) is 5.43 Å². The third-order valence-corrected chi connectivity index (χ3v) is 3.73. The summed E-state index contributed by atoms with van der Waals surface area (Å²) in [6.07, 6.45) is -6.49. The van der Waals surface area contributed by atoms with E-state index in [-0.39, 0.29) is 31.9 Å². The first-order chi connectivity index (χ1) is 13.1. The maximum atomic E-state index is 14.7. The lowest BCUT2D eigenvalue weighted by atomic mass is 10.0. The number of ether oxygens (including phenoxy) is 2. The summed E-state index contributed by atoms with van der Waals surface area (Å²) in [5, 5.41) is 12.0. The molecule has 1 aromatic rings. The number of carboxylic acid groups (broad SMARTS) is 1. The molecule has 28 heavy (non-hydrogen) atoms. The van der Waals surface area contributed by atoms with Crippen LogP contribution in [0.4, 0.5) is 28.0 Å². The Labute approximate surface area is 156 Å². The van der Waals surface area contributed by atoms with Gasteiger partial charge in [0.25, 0.3) is 0 Å². The number of alkyl halides is 3. The number of nitrogens with zero attached hydrogens (tertiary/aromatic N) is 2. The van der Waals surface area contributed by atoms with E-state index >= 15 is 0 Å². The molecule has 0 saturated carbocycles. The fourth-order valence-corrected chi connectivity index (χ4v) is 2.56. The average Bonchev–Trinajstić information content (AvgIpc) is 2.60. The Kier molecular flexibility index (Phi) is 6.78. The van der Waals surface area contributed by atoms with Gasteiger partial charge in [0.05, 0.1) is 24.5 Å². The van der Waals surface area contributed by atoms with Crippen molar-refractivity contribution in [2.45, 2.75) is 13.1 Å². The molecule has 0 aromatic heterocycles. The van der Waals surface area contributed by atoms with Gasteiger partial charge in [-0.2, -0.15) is 18.3 Å². The van der Waals surface area contributed by atoms with Gasteiger partial charge in [-0.05, 0) is 12.1 Å². The summed E-state index contributed by atoms with van der Waals surface area (Å²) in [6.45, 7) is 0.859. The van der Waals surface area contributed by atoms with Crippen molar-refractivity contribution >= 4 is 23.5 Å². The van der Waals surface area contributed by atoms with Gasteiger partial charge in [-0.15, -0.1) is 0 Å². The number of morpholine rings is 1. The Morgan fingerprint density at radius 1 is 1.32 bits per heavy atom. The number of amides is 1. The van der Waals surface area contributed by atoms with E-state index in [2.05, 4.69) is 9.84 Å². The molecular weight excluding hydrogens is 390 g/mol. The van der Waals surface area contributed by atoms with Crippen LogP contribution in [0.25, 0.3) is 0 Å². The molecular formula is C16H17F4N3O5. The summed E-state index contributed by atoms with van der Waals surface area (Å²) in [6, 6.07) is 1.42. The fraction of sp³-hybridized carbons (Fsp3) is 0.438. The second-order valence-electron chi connectivity index (χ2n) is 5.71. The molecule has 0 bridgehead atoms. The smallest absolute Gasteiger partial charge is 0.425 e. The molecule has 12 heteroatoms. The molecule has 154 valence electrons. The fourth-order valence-electron chi connectivity index (χ4n) is 2.56. The zero-order valence-electron chi connectivity index (χ0n) is 14.7. The average molecular weight is 407 g/mol. The minimum Gasteiger partial charge on any atom is -0.464 e. The number of carbonyl (C=O) groups excluding carboxylic acids is 1. The molecule has 1 aliphatic rings. The lowest BCUT2D eigenvalue weighted by Crippen LogP contribution is -2.38. The Morgan fingerprint density at radius 3 is 2.50 bits per heavy atom. The molecule has 0 unspecified atom stereocenters. The number of carbonyl (C=O) groups is 2. The maximum Gasteiger partial charge on any atom is 0.425 e. The Balaban J connectivity index is 2.53. The van der Waals surface area contributed by atoms with Crippen molar-refractivity contribution in [2.24, 2.45) is 5.10 Å². The molecule has 8 nitrogen and oxygen atoms in total. The molecule has 0 radical (unpaired) electrons. The molecule has 1 saturated heterocycles. The van der Waals surface area contributed by atoms with Crippen LogP contribution in [-0.4, -0.2) is 55.8 Å². The molecule has 1 fully saturated rings. The minimum absolute atomic E-state index is 0.0777. The maximum absolute atomic E-state index is 14.7. The third-order valence-electron chi connectivity index (χ3n) is 3.73. The highest BCUT2D eigenvalue weighted by Gasteiger charge is 2.38. The number of hydrogen-bond donors (Lipinski definition) is 2. The lowest BCUT2D eigenvalue weighted by molar-refractivity contribution is -0.139. The number of esters is 1. The number of nitrogens with one attached hydrogen (secondary N) is 1. The first-order valence-electron chi connectivity index (χ1n) is 8.02. The monoisotopic (exact) mass is 407 g/mol. The lowest BCUT2D eigenvalue weighted by Gasteiger charge is -2.31. The van der Waals surface area contributed by atoms with E-state index in [0.717, 1.165) is 13.0 Å². The van der Waals surface area contributed by atoms with Crippen LogP contribution in [0.2, 0.25) is 0 Å². The van der Waals surface area contributed by atoms with Crippen LogP contribution in [0.3, 0.4) is 0 Å². The van der Waals surface area contributed by atoms with Crippen LogP contribution >= 0.6 is 0 Å². The molecule has 2 N–H and O–H groups in total. The van der Waals surface area contributed by atoms with E-state index in [9.17, 15) is 27.2 Å². The van der Waals surface area contributed by atoms with Crippen LogP contribution in [-0.2, 0) is 20.4 Å². The van der Waals surface area contributed by atoms with Gasteiger partial charge >= 0.3 is 18.2 Å². The van der Waals surface area contributed by atoms with Crippen LogP contribution < -0.4 is 10.3 Å². The molecule has 0 aliphatic carbocycles. The van der Waals surface area contributed by atoms with Gasteiger partial charge in [0.15, 0.2) is 0 Å². The van der Waals surface area contributed by atoms with E-state index in [1.165, 1.54) is 4.90 Å². The van der Waals surface area contributed by atoms with Gasteiger partial charge in [0.1, 0.15) is 18.1 Å². The predicted octanol–water partition coefficient (Wildman–Crippen LogP) is 2.22. The van der Waals surface area contributed by atoms with Crippen LogP contribution in [0.5, 0.6) is 0 Å². The summed E-state index contributed by atoms with van der Waals surface area (Å²) < 4.78 is 65.2. The normalized spacial score (nSPS) is 15.3. The van der Waals surface area contributed by atoms with E-state index in [1.54, 1.807) is 5.43 Å². The standard InChI is InChI=1S/C16H17F4N3O5/c1-9(24)28-8-13(21-22-15(25)26)10-6-11(16(18,19)20)14(12(17)7-10)23-2-4-27-5-3-23/h6-7,22H,2-5,8H2,1H3,(H,25,26)/b21-13+. The molecule has 1 heterocycles. The third kappa shape index (κ3) is 5.55. The van der Waals surface area contributed by atoms with Crippen molar-refractivity contribution in [3.63, 3.8) is 0 Å². The number of rotatable bonds is 5.